The molecule has 12 atom stereocenters. The molecule has 3 heterocycles. The standard InChI is InChI=1S/C41H71N5O16/c1-37(2,3)60-34(50)43-18-21-15-14-16-25(55-21)56-28-23(46-36(52)62-39(7,8)9)17-22(29(26(28)47)57-33-27(48)31(42-13)41(12,53)20-54-33)45-32(49)30-24(58-40(10,11)59-30)19-44-35(51)61-38(4,5)6/h16,21-24,26-31,33,42,47-48,53H,14-15,17-20H2,1-13H3,(H,43,50)(H,44,51)(H,45,49)(H,46,52)/t21-,22+,23-,24?,26?,27?,28?,29?,30-,31+,33+,41?/m0/s1. The van der Waals surface area contributed by atoms with Crippen LogP contribution in [0.15, 0.2) is 12.0 Å². The van der Waals surface area contributed by atoms with Crippen molar-refractivity contribution >= 4 is 24.2 Å². The highest BCUT2D eigenvalue weighted by molar-refractivity contribution is 5.82. The Morgan fingerprint density at radius 3 is 1.94 bits per heavy atom. The number of nitrogens with one attached hydrogen (secondary N) is 5. The molecule has 0 aromatic rings. The van der Waals surface area contributed by atoms with E-state index in [0.717, 1.165) is 0 Å². The van der Waals surface area contributed by atoms with Crippen LogP contribution in [0.3, 0.4) is 0 Å². The number of hydrogen-bond donors (Lipinski definition) is 8. The van der Waals surface area contributed by atoms with Crippen molar-refractivity contribution in [3.05, 3.63) is 12.0 Å². The number of aliphatic hydroxyl groups is 3. The number of carbonyl (C=O) groups excluding carboxylic acids is 4. The molecule has 62 heavy (non-hydrogen) atoms. The number of carbonyl (C=O) groups is 4. The van der Waals surface area contributed by atoms with Crippen LogP contribution in [-0.4, -0.2) is 162 Å². The summed E-state index contributed by atoms with van der Waals surface area (Å²) in [5, 5.41) is 48.5. The van der Waals surface area contributed by atoms with Gasteiger partial charge in [0.2, 0.25) is 0 Å². The van der Waals surface area contributed by atoms with Gasteiger partial charge in [-0.3, -0.25) is 4.79 Å². The van der Waals surface area contributed by atoms with Gasteiger partial charge in [0.25, 0.3) is 11.9 Å². The summed E-state index contributed by atoms with van der Waals surface area (Å²) >= 11 is 0. The van der Waals surface area contributed by atoms with Crippen molar-refractivity contribution in [1.29, 1.82) is 0 Å². The number of hydrogen-bond acceptors (Lipinski definition) is 17. The molecule has 356 valence electrons. The Hall–Kier alpha value is -3.70. The Labute approximate surface area is 363 Å². The predicted molar refractivity (Wildman–Crippen MR) is 219 cm³/mol. The van der Waals surface area contributed by atoms with E-state index in [0.29, 0.717) is 12.8 Å². The monoisotopic (exact) mass is 889 g/mol. The fourth-order valence-electron chi connectivity index (χ4n) is 7.49. The normalized spacial score (nSPS) is 33.8. The number of amides is 4. The molecule has 1 aliphatic carbocycles. The van der Waals surface area contributed by atoms with E-state index < -0.39 is 120 Å². The van der Waals surface area contributed by atoms with Gasteiger partial charge in [-0.05, 0) is 115 Å². The summed E-state index contributed by atoms with van der Waals surface area (Å²) in [4.78, 5) is 52.6. The number of alkyl carbamates (subject to hydrolysis) is 3. The van der Waals surface area contributed by atoms with Crippen molar-refractivity contribution in [2.24, 2.45) is 0 Å². The fraction of sp³-hybridized carbons (Fsp3) is 0.854. The van der Waals surface area contributed by atoms with E-state index in [1.165, 1.54) is 6.92 Å². The SMILES string of the molecule is CN[C@@H]1C(O)[C@@H](OC2C(O)C(OC3=CCC[C@@H](CNC(=O)OC(C)(C)C)O3)[C@@H](NC(=O)OC(C)(C)C)C[C@H]2NC(=O)[C@H]2OC(C)(C)OC2CNC(=O)OC(C)(C)C)OCC1(C)O. The van der Waals surface area contributed by atoms with Crippen molar-refractivity contribution < 1.29 is 77.1 Å². The largest absolute Gasteiger partial charge is 0.460 e. The molecule has 6 unspecified atom stereocenters. The first-order valence-electron chi connectivity index (χ1n) is 21.1. The molecule has 1 saturated carbocycles. The molecule has 4 amide bonds. The summed E-state index contributed by atoms with van der Waals surface area (Å²) in [5.74, 6) is -1.97. The number of likely N-dealkylation sites (N-methyl/N-ethyl adjacent to an activating group) is 1. The van der Waals surface area contributed by atoms with Crippen LogP contribution in [0, 0.1) is 0 Å². The molecule has 0 bridgehead atoms. The van der Waals surface area contributed by atoms with Gasteiger partial charge in [0.15, 0.2) is 24.3 Å². The van der Waals surface area contributed by atoms with Crippen LogP contribution < -0.4 is 26.6 Å². The first-order valence-corrected chi connectivity index (χ1v) is 21.1. The van der Waals surface area contributed by atoms with Crippen LogP contribution in [0.2, 0.25) is 0 Å². The Morgan fingerprint density at radius 1 is 0.790 bits per heavy atom. The quantitative estimate of drug-likeness (QED) is 0.129. The predicted octanol–water partition coefficient (Wildman–Crippen LogP) is 1.55. The first kappa shape index (κ1) is 50.9. The topological polar surface area (TPSA) is 272 Å². The summed E-state index contributed by atoms with van der Waals surface area (Å²) in [6, 6.07) is -3.16. The van der Waals surface area contributed by atoms with E-state index in [1.807, 2.05) is 0 Å². The lowest BCUT2D eigenvalue weighted by Gasteiger charge is -2.48. The van der Waals surface area contributed by atoms with E-state index in [1.54, 1.807) is 89.3 Å². The maximum atomic E-state index is 14.3. The van der Waals surface area contributed by atoms with Crippen molar-refractivity contribution in [3.8, 4) is 0 Å². The summed E-state index contributed by atoms with van der Waals surface area (Å²) in [5.41, 5.74) is -3.91. The van der Waals surface area contributed by atoms with Gasteiger partial charge in [-0.1, -0.05) is 0 Å². The number of aliphatic hydroxyl groups excluding tert-OH is 2. The van der Waals surface area contributed by atoms with Gasteiger partial charge in [0.1, 0.15) is 52.9 Å². The molecule has 21 heteroatoms. The highest BCUT2D eigenvalue weighted by atomic mass is 16.8. The number of rotatable bonds is 12. The minimum atomic E-state index is -1.69. The second-order valence-electron chi connectivity index (χ2n) is 19.8. The van der Waals surface area contributed by atoms with Gasteiger partial charge in [0, 0.05) is 0 Å². The minimum absolute atomic E-state index is 0.00665. The van der Waals surface area contributed by atoms with Crippen LogP contribution in [-0.2, 0) is 47.4 Å². The average molecular weight is 890 g/mol. The Bertz CT molecular complexity index is 1590. The fourth-order valence-corrected chi connectivity index (χ4v) is 7.49. The lowest BCUT2D eigenvalue weighted by Crippen LogP contribution is -2.70. The van der Waals surface area contributed by atoms with E-state index in [4.69, 9.17) is 42.6 Å². The summed E-state index contributed by atoms with van der Waals surface area (Å²) in [6.45, 7) is 19.7. The number of ether oxygens (including phenoxy) is 9. The third-order valence-electron chi connectivity index (χ3n) is 9.93. The second kappa shape index (κ2) is 20.0. The van der Waals surface area contributed by atoms with E-state index in [-0.39, 0.29) is 32.1 Å². The third kappa shape index (κ3) is 15.0. The zero-order valence-corrected chi connectivity index (χ0v) is 38.3. The molecule has 0 aromatic heterocycles. The van der Waals surface area contributed by atoms with Crippen LogP contribution in [0.25, 0.3) is 0 Å². The molecular formula is C41H71N5O16. The molecule has 0 spiro atoms. The van der Waals surface area contributed by atoms with Crippen LogP contribution >= 0.6 is 0 Å². The Balaban J connectivity index is 1.64. The van der Waals surface area contributed by atoms with Crippen molar-refractivity contribution in [2.75, 3.05) is 26.7 Å². The van der Waals surface area contributed by atoms with Gasteiger partial charge < -0.3 is 84.5 Å². The van der Waals surface area contributed by atoms with Crippen LogP contribution in [0.1, 0.15) is 102 Å². The van der Waals surface area contributed by atoms with E-state index in [9.17, 15) is 34.5 Å². The molecule has 4 aliphatic rings. The molecule has 21 nitrogen and oxygen atoms in total. The molecule has 2 saturated heterocycles. The lowest BCUT2D eigenvalue weighted by molar-refractivity contribution is -0.299. The van der Waals surface area contributed by atoms with Crippen LogP contribution in [0.5, 0.6) is 0 Å². The summed E-state index contributed by atoms with van der Waals surface area (Å²) in [7, 11) is 1.55. The van der Waals surface area contributed by atoms with Crippen molar-refractivity contribution in [1.82, 2.24) is 26.6 Å². The molecule has 3 fully saturated rings. The van der Waals surface area contributed by atoms with E-state index in [2.05, 4.69) is 26.6 Å². The zero-order valence-electron chi connectivity index (χ0n) is 38.3. The van der Waals surface area contributed by atoms with Crippen molar-refractivity contribution in [3.63, 3.8) is 0 Å². The van der Waals surface area contributed by atoms with Crippen molar-refractivity contribution in [2.45, 2.75) is 198 Å². The van der Waals surface area contributed by atoms with Gasteiger partial charge in [-0.15, -0.1) is 0 Å². The van der Waals surface area contributed by atoms with E-state index >= 15 is 0 Å². The Kier molecular flexibility index (Phi) is 16.4. The lowest BCUT2D eigenvalue weighted by atomic mass is 9.83. The molecule has 0 radical (unpaired) electrons. The molecule has 3 aliphatic heterocycles. The second-order valence-corrected chi connectivity index (χ2v) is 19.8. The molecular weight excluding hydrogens is 818 g/mol. The highest BCUT2D eigenvalue weighted by Crippen LogP contribution is 2.34. The summed E-state index contributed by atoms with van der Waals surface area (Å²) in [6.07, 6.45) is -9.90. The van der Waals surface area contributed by atoms with Gasteiger partial charge >= 0.3 is 18.3 Å². The maximum Gasteiger partial charge on any atom is 0.408 e. The van der Waals surface area contributed by atoms with Gasteiger partial charge in [-0.25, -0.2) is 14.4 Å². The smallest absolute Gasteiger partial charge is 0.408 e. The first-order chi connectivity index (χ1) is 28.5. The minimum Gasteiger partial charge on any atom is -0.460 e. The zero-order chi connectivity index (χ0) is 46.6. The Morgan fingerprint density at radius 2 is 1.35 bits per heavy atom. The molecule has 8 N–H and O–H groups in total. The molecule has 4 rings (SSSR count). The average Bonchev–Trinajstić information content (AvgIpc) is 3.42. The number of allylic oxidation sites excluding steroid dienone is 1. The van der Waals surface area contributed by atoms with Gasteiger partial charge in [0.05, 0.1) is 37.8 Å². The molecule has 0 aromatic carbocycles. The third-order valence-corrected chi connectivity index (χ3v) is 9.93. The summed E-state index contributed by atoms with van der Waals surface area (Å²) < 4.78 is 52.9. The van der Waals surface area contributed by atoms with Crippen LogP contribution in [0.4, 0.5) is 14.4 Å². The van der Waals surface area contributed by atoms with Gasteiger partial charge in [-0.2, -0.15) is 0 Å². The highest BCUT2D eigenvalue weighted by Gasteiger charge is 2.54. The maximum absolute atomic E-state index is 14.3.